The highest BCUT2D eigenvalue weighted by Crippen LogP contribution is 2.24. The molecule has 0 spiro atoms. The minimum Gasteiger partial charge on any atom is -0.350 e. The van der Waals surface area contributed by atoms with E-state index in [9.17, 15) is 4.79 Å². The van der Waals surface area contributed by atoms with Crippen molar-refractivity contribution in [2.75, 3.05) is 20.6 Å². The number of amides is 1. The van der Waals surface area contributed by atoms with E-state index in [1.54, 1.807) is 12.4 Å². The summed E-state index contributed by atoms with van der Waals surface area (Å²) in [7, 11) is 4.09. The van der Waals surface area contributed by atoms with E-state index in [0.717, 1.165) is 28.6 Å². The van der Waals surface area contributed by atoms with Crippen LogP contribution in [0.1, 0.15) is 15.9 Å². The quantitative estimate of drug-likeness (QED) is 0.496. The minimum absolute atomic E-state index is 0.0938. The molecular formula is C26H26N4O. The van der Waals surface area contributed by atoms with Gasteiger partial charge in [-0.1, -0.05) is 48.5 Å². The van der Waals surface area contributed by atoms with Crippen LogP contribution in [0.5, 0.6) is 0 Å². The highest BCUT2D eigenvalue weighted by molar-refractivity contribution is 6.07. The number of likely N-dealkylation sites (N-methyl/N-ethyl adjacent to an activating group) is 1. The van der Waals surface area contributed by atoms with Crippen LogP contribution in [-0.2, 0) is 6.42 Å². The lowest BCUT2D eigenvalue weighted by Crippen LogP contribution is -2.41. The molecule has 0 bridgehead atoms. The molecule has 5 heteroatoms. The Morgan fingerprint density at radius 2 is 1.77 bits per heavy atom. The van der Waals surface area contributed by atoms with Gasteiger partial charge in [-0.15, -0.1) is 0 Å². The summed E-state index contributed by atoms with van der Waals surface area (Å²) in [5.74, 6) is -0.0938. The topological polar surface area (TPSA) is 58.1 Å². The number of carbonyl (C=O) groups is 1. The van der Waals surface area contributed by atoms with Gasteiger partial charge in [0, 0.05) is 35.9 Å². The van der Waals surface area contributed by atoms with Gasteiger partial charge in [0.15, 0.2) is 0 Å². The van der Waals surface area contributed by atoms with Crippen LogP contribution in [0.2, 0.25) is 0 Å². The SMILES string of the molecule is CN(C)C(CNC(=O)c1cc(-c2cccnc2)nc2ccccc12)Cc1ccccc1. The van der Waals surface area contributed by atoms with Gasteiger partial charge in [-0.05, 0) is 50.3 Å². The van der Waals surface area contributed by atoms with Crippen LogP contribution < -0.4 is 5.32 Å². The molecule has 0 radical (unpaired) electrons. The number of hydrogen-bond acceptors (Lipinski definition) is 4. The molecule has 2 aromatic carbocycles. The fraction of sp³-hybridized carbons (Fsp3) is 0.192. The number of pyridine rings is 2. The minimum atomic E-state index is -0.0938. The van der Waals surface area contributed by atoms with Crippen LogP contribution in [-0.4, -0.2) is 47.5 Å². The highest BCUT2D eigenvalue weighted by atomic mass is 16.1. The van der Waals surface area contributed by atoms with Crippen molar-refractivity contribution < 1.29 is 4.79 Å². The molecule has 1 amide bonds. The maximum Gasteiger partial charge on any atom is 0.252 e. The highest BCUT2D eigenvalue weighted by Gasteiger charge is 2.17. The Bertz CT molecular complexity index is 1160. The molecule has 0 aliphatic carbocycles. The summed E-state index contributed by atoms with van der Waals surface area (Å²) in [6.45, 7) is 0.555. The Labute approximate surface area is 182 Å². The standard InChI is InChI=1S/C26H26N4O/c1-30(2)21(15-19-9-4-3-5-10-19)18-28-26(31)23-16-25(20-11-8-14-27-17-20)29-24-13-7-6-12-22(23)24/h3-14,16-17,21H,15,18H2,1-2H3,(H,28,31). The van der Waals surface area contributed by atoms with Crippen molar-refractivity contribution in [3.63, 3.8) is 0 Å². The van der Waals surface area contributed by atoms with E-state index in [4.69, 9.17) is 4.98 Å². The zero-order valence-corrected chi connectivity index (χ0v) is 17.8. The fourth-order valence-electron chi connectivity index (χ4n) is 3.65. The molecule has 0 saturated carbocycles. The molecule has 0 aliphatic rings. The molecule has 156 valence electrons. The average molecular weight is 411 g/mol. The van der Waals surface area contributed by atoms with E-state index in [0.29, 0.717) is 12.1 Å². The Kier molecular flexibility index (Phi) is 6.34. The van der Waals surface area contributed by atoms with Crippen LogP contribution in [0.3, 0.4) is 0 Å². The molecule has 1 N–H and O–H groups in total. The van der Waals surface area contributed by atoms with Crippen LogP contribution >= 0.6 is 0 Å². The first-order valence-electron chi connectivity index (χ1n) is 10.4. The zero-order chi connectivity index (χ0) is 21.6. The number of rotatable bonds is 7. The number of para-hydroxylation sites is 1. The Balaban J connectivity index is 1.59. The van der Waals surface area contributed by atoms with Crippen molar-refractivity contribution >= 4 is 16.8 Å². The van der Waals surface area contributed by atoms with Gasteiger partial charge >= 0.3 is 0 Å². The summed E-state index contributed by atoms with van der Waals surface area (Å²) in [5.41, 5.74) is 4.30. The van der Waals surface area contributed by atoms with Gasteiger partial charge in [-0.3, -0.25) is 9.78 Å². The van der Waals surface area contributed by atoms with Gasteiger partial charge in [0.2, 0.25) is 0 Å². The van der Waals surface area contributed by atoms with Crippen LogP contribution in [0.25, 0.3) is 22.2 Å². The lowest BCUT2D eigenvalue weighted by atomic mass is 10.0. The van der Waals surface area contributed by atoms with Gasteiger partial charge in [0.25, 0.3) is 5.91 Å². The molecule has 1 atom stereocenters. The second kappa shape index (κ2) is 9.49. The van der Waals surface area contributed by atoms with Gasteiger partial charge in [-0.25, -0.2) is 4.98 Å². The van der Waals surface area contributed by atoms with E-state index in [1.165, 1.54) is 5.56 Å². The van der Waals surface area contributed by atoms with E-state index < -0.39 is 0 Å². The van der Waals surface area contributed by atoms with Gasteiger partial charge in [0.05, 0.1) is 16.8 Å². The summed E-state index contributed by atoms with van der Waals surface area (Å²) in [4.78, 5) is 24.3. The number of hydrogen-bond donors (Lipinski definition) is 1. The largest absolute Gasteiger partial charge is 0.350 e. The number of fused-ring (bicyclic) bond motifs is 1. The first kappa shape index (κ1) is 20.7. The molecule has 0 fully saturated rings. The van der Waals surface area contributed by atoms with Crippen LogP contribution in [0.4, 0.5) is 0 Å². The first-order valence-corrected chi connectivity index (χ1v) is 10.4. The molecule has 2 aromatic heterocycles. The maximum absolute atomic E-state index is 13.2. The van der Waals surface area contributed by atoms with Crippen molar-refractivity contribution in [1.82, 2.24) is 20.2 Å². The normalized spacial score (nSPS) is 12.1. The van der Waals surface area contributed by atoms with Crippen molar-refractivity contribution in [2.24, 2.45) is 0 Å². The summed E-state index contributed by atoms with van der Waals surface area (Å²) in [6, 6.07) is 24.0. The molecule has 4 aromatic rings. The van der Waals surface area contributed by atoms with Gasteiger partial charge in [0.1, 0.15) is 0 Å². The average Bonchev–Trinajstić information content (AvgIpc) is 2.82. The summed E-state index contributed by atoms with van der Waals surface area (Å²) < 4.78 is 0. The van der Waals surface area contributed by atoms with E-state index in [-0.39, 0.29) is 11.9 Å². The summed E-state index contributed by atoms with van der Waals surface area (Å²) >= 11 is 0. The van der Waals surface area contributed by atoms with Gasteiger partial charge in [-0.2, -0.15) is 0 Å². The number of benzene rings is 2. The Hall–Kier alpha value is -3.57. The van der Waals surface area contributed by atoms with E-state index in [1.807, 2.05) is 74.8 Å². The van der Waals surface area contributed by atoms with Crippen LogP contribution in [0.15, 0.2) is 85.2 Å². The third kappa shape index (κ3) is 4.95. The predicted octanol–water partition coefficient (Wildman–Crippen LogP) is 4.20. The fourth-order valence-corrected chi connectivity index (χ4v) is 3.65. The van der Waals surface area contributed by atoms with E-state index >= 15 is 0 Å². The molecule has 5 nitrogen and oxygen atoms in total. The lowest BCUT2D eigenvalue weighted by Gasteiger charge is -2.25. The number of aromatic nitrogens is 2. The zero-order valence-electron chi connectivity index (χ0n) is 17.8. The Morgan fingerprint density at radius 3 is 2.52 bits per heavy atom. The number of nitrogens with one attached hydrogen (secondary N) is 1. The van der Waals surface area contributed by atoms with Crippen molar-refractivity contribution in [3.05, 3.63) is 96.3 Å². The second-order valence-corrected chi connectivity index (χ2v) is 7.83. The molecule has 2 heterocycles. The molecule has 1 unspecified atom stereocenters. The molecule has 0 aliphatic heterocycles. The van der Waals surface area contributed by atoms with Gasteiger partial charge < -0.3 is 10.2 Å². The van der Waals surface area contributed by atoms with Crippen molar-refractivity contribution in [2.45, 2.75) is 12.5 Å². The monoisotopic (exact) mass is 410 g/mol. The molecule has 4 rings (SSSR count). The number of nitrogens with zero attached hydrogens (tertiary/aromatic N) is 3. The van der Waals surface area contributed by atoms with Crippen molar-refractivity contribution in [3.8, 4) is 11.3 Å². The summed E-state index contributed by atoms with van der Waals surface area (Å²) in [6.07, 6.45) is 4.36. The van der Waals surface area contributed by atoms with Crippen LogP contribution in [0, 0.1) is 0 Å². The number of carbonyl (C=O) groups excluding carboxylic acids is 1. The third-order valence-electron chi connectivity index (χ3n) is 5.46. The molecule has 0 saturated heterocycles. The van der Waals surface area contributed by atoms with Crippen molar-refractivity contribution in [1.29, 1.82) is 0 Å². The Morgan fingerprint density at radius 1 is 1.00 bits per heavy atom. The molecule has 31 heavy (non-hydrogen) atoms. The summed E-state index contributed by atoms with van der Waals surface area (Å²) in [5, 5.41) is 3.99. The predicted molar refractivity (Wildman–Crippen MR) is 125 cm³/mol. The lowest BCUT2D eigenvalue weighted by molar-refractivity contribution is 0.0943. The smallest absolute Gasteiger partial charge is 0.252 e. The third-order valence-corrected chi connectivity index (χ3v) is 5.46. The second-order valence-electron chi connectivity index (χ2n) is 7.83. The maximum atomic E-state index is 13.2. The van der Waals surface area contributed by atoms with E-state index in [2.05, 4.69) is 27.3 Å². The first-order chi connectivity index (χ1) is 15.1. The molecular weight excluding hydrogens is 384 g/mol.